The Labute approximate surface area is 104 Å². The van der Waals surface area contributed by atoms with E-state index >= 15 is 0 Å². The third-order valence-corrected chi connectivity index (χ3v) is 4.40. The zero-order chi connectivity index (χ0) is 12.1. The molecule has 0 bridgehead atoms. The lowest BCUT2D eigenvalue weighted by molar-refractivity contribution is -0.122. The summed E-state index contributed by atoms with van der Waals surface area (Å²) in [5.74, 6) is 1.15. The van der Waals surface area contributed by atoms with E-state index in [2.05, 4.69) is 5.32 Å². The number of nitrogens with one attached hydrogen (secondary N) is 1. The van der Waals surface area contributed by atoms with Crippen LogP contribution in [0.4, 0.5) is 0 Å². The predicted molar refractivity (Wildman–Crippen MR) is 67.5 cm³/mol. The van der Waals surface area contributed by atoms with Crippen LogP contribution in [0, 0.1) is 11.8 Å². The van der Waals surface area contributed by atoms with Gasteiger partial charge in [0.25, 0.3) is 0 Å². The lowest BCUT2D eigenvalue weighted by Gasteiger charge is -2.18. The van der Waals surface area contributed by atoms with Gasteiger partial charge in [-0.2, -0.15) is 0 Å². The molecule has 2 aliphatic carbocycles. The Balaban J connectivity index is 1.61. The Morgan fingerprint density at radius 3 is 2.35 bits per heavy atom. The topological polar surface area (TPSA) is 49.3 Å². The van der Waals surface area contributed by atoms with E-state index in [9.17, 15) is 9.90 Å². The van der Waals surface area contributed by atoms with Crippen LogP contribution >= 0.6 is 0 Å². The fraction of sp³-hybridized carbons (Fsp3) is 0.929. The molecule has 1 unspecified atom stereocenters. The summed E-state index contributed by atoms with van der Waals surface area (Å²) in [6, 6.07) is 0. The van der Waals surface area contributed by atoms with Gasteiger partial charge in [0.2, 0.25) is 5.91 Å². The second-order valence-corrected chi connectivity index (χ2v) is 5.77. The van der Waals surface area contributed by atoms with E-state index in [0.29, 0.717) is 24.8 Å². The van der Waals surface area contributed by atoms with E-state index in [0.717, 1.165) is 12.8 Å². The molecular formula is C14H25NO2. The number of amides is 1. The molecule has 0 aromatic carbocycles. The third kappa shape index (κ3) is 3.98. The minimum absolute atomic E-state index is 0.133. The monoisotopic (exact) mass is 239 g/mol. The first-order chi connectivity index (χ1) is 8.25. The van der Waals surface area contributed by atoms with E-state index < -0.39 is 0 Å². The van der Waals surface area contributed by atoms with Crippen molar-refractivity contribution in [2.75, 3.05) is 6.54 Å². The molecular weight excluding hydrogens is 214 g/mol. The zero-order valence-electron chi connectivity index (χ0n) is 10.7. The standard InChI is InChI=1S/C14H25NO2/c16-13(12-7-3-4-8-12)10-15-14(17)9-11-5-1-2-6-11/h11-13,16H,1-10H2,(H,15,17). The molecule has 2 fully saturated rings. The molecule has 1 amide bonds. The van der Waals surface area contributed by atoms with E-state index in [-0.39, 0.29) is 12.0 Å². The van der Waals surface area contributed by atoms with Crippen molar-refractivity contribution in [3.63, 3.8) is 0 Å². The van der Waals surface area contributed by atoms with Gasteiger partial charge in [0.15, 0.2) is 0 Å². The Hall–Kier alpha value is -0.570. The molecule has 0 radical (unpaired) electrons. The van der Waals surface area contributed by atoms with Gasteiger partial charge in [-0.05, 0) is 37.5 Å². The van der Waals surface area contributed by atoms with Crippen LogP contribution in [0.15, 0.2) is 0 Å². The second-order valence-electron chi connectivity index (χ2n) is 5.77. The largest absolute Gasteiger partial charge is 0.391 e. The van der Waals surface area contributed by atoms with E-state index in [1.807, 2.05) is 0 Å². The third-order valence-electron chi connectivity index (χ3n) is 4.40. The molecule has 2 rings (SSSR count). The van der Waals surface area contributed by atoms with Crippen molar-refractivity contribution in [1.29, 1.82) is 0 Å². The average Bonchev–Trinajstić information content (AvgIpc) is 2.97. The highest BCUT2D eigenvalue weighted by Gasteiger charge is 2.24. The fourth-order valence-electron chi connectivity index (χ4n) is 3.28. The number of hydrogen-bond donors (Lipinski definition) is 2. The average molecular weight is 239 g/mol. The normalized spacial score (nSPS) is 24.1. The van der Waals surface area contributed by atoms with Crippen molar-refractivity contribution < 1.29 is 9.90 Å². The molecule has 3 heteroatoms. The zero-order valence-corrected chi connectivity index (χ0v) is 10.7. The number of carbonyl (C=O) groups is 1. The SMILES string of the molecule is O=C(CC1CCCC1)NCC(O)C1CCCC1. The second kappa shape index (κ2) is 6.39. The molecule has 0 spiro atoms. The first-order valence-electron chi connectivity index (χ1n) is 7.20. The first kappa shape index (κ1) is 12.9. The molecule has 0 aromatic rings. The highest BCUT2D eigenvalue weighted by atomic mass is 16.3. The van der Waals surface area contributed by atoms with E-state index in [4.69, 9.17) is 0 Å². The highest BCUT2D eigenvalue weighted by molar-refractivity contribution is 5.76. The molecule has 2 aliphatic rings. The van der Waals surface area contributed by atoms with Crippen LogP contribution in [0.2, 0.25) is 0 Å². The van der Waals surface area contributed by atoms with Crippen LogP contribution in [-0.4, -0.2) is 23.7 Å². The van der Waals surface area contributed by atoms with Gasteiger partial charge < -0.3 is 10.4 Å². The Kier molecular flexibility index (Phi) is 4.84. The lowest BCUT2D eigenvalue weighted by Crippen LogP contribution is -2.36. The maximum absolute atomic E-state index is 11.7. The minimum Gasteiger partial charge on any atom is -0.391 e. The Bertz CT molecular complexity index is 243. The number of aliphatic hydroxyl groups excluding tert-OH is 1. The molecule has 2 N–H and O–H groups in total. The van der Waals surface area contributed by atoms with Crippen molar-refractivity contribution in [2.24, 2.45) is 11.8 Å². The Morgan fingerprint density at radius 2 is 1.71 bits per heavy atom. The van der Waals surface area contributed by atoms with Gasteiger partial charge in [0, 0.05) is 13.0 Å². The van der Waals surface area contributed by atoms with Gasteiger partial charge in [-0.3, -0.25) is 4.79 Å². The summed E-state index contributed by atoms with van der Waals surface area (Å²) >= 11 is 0. The smallest absolute Gasteiger partial charge is 0.220 e. The molecule has 3 nitrogen and oxygen atoms in total. The Morgan fingerprint density at radius 1 is 1.12 bits per heavy atom. The number of rotatable bonds is 5. The maximum atomic E-state index is 11.7. The summed E-state index contributed by atoms with van der Waals surface area (Å²) in [7, 11) is 0. The summed E-state index contributed by atoms with van der Waals surface area (Å²) in [5, 5.41) is 12.8. The molecule has 0 heterocycles. The van der Waals surface area contributed by atoms with Gasteiger partial charge in [0.05, 0.1) is 6.10 Å². The highest BCUT2D eigenvalue weighted by Crippen LogP contribution is 2.28. The van der Waals surface area contributed by atoms with Crippen molar-refractivity contribution >= 4 is 5.91 Å². The molecule has 17 heavy (non-hydrogen) atoms. The van der Waals surface area contributed by atoms with Crippen LogP contribution in [0.25, 0.3) is 0 Å². The predicted octanol–water partition coefficient (Wildman–Crippen LogP) is 2.23. The van der Waals surface area contributed by atoms with Crippen LogP contribution < -0.4 is 5.32 Å². The van der Waals surface area contributed by atoms with Crippen molar-refractivity contribution in [3.05, 3.63) is 0 Å². The van der Waals surface area contributed by atoms with Crippen LogP contribution in [0.1, 0.15) is 57.8 Å². The number of hydrogen-bond acceptors (Lipinski definition) is 2. The fourth-order valence-corrected chi connectivity index (χ4v) is 3.28. The number of carbonyl (C=O) groups excluding carboxylic acids is 1. The number of aliphatic hydroxyl groups is 1. The summed E-state index contributed by atoms with van der Waals surface area (Å²) in [4.78, 5) is 11.7. The van der Waals surface area contributed by atoms with Gasteiger partial charge >= 0.3 is 0 Å². The molecule has 0 aromatic heterocycles. The van der Waals surface area contributed by atoms with Gasteiger partial charge in [-0.25, -0.2) is 0 Å². The maximum Gasteiger partial charge on any atom is 0.220 e. The van der Waals surface area contributed by atoms with Gasteiger partial charge in [-0.1, -0.05) is 25.7 Å². The van der Waals surface area contributed by atoms with Crippen molar-refractivity contribution in [3.8, 4) is 0 Å². The van der Waals surface area contributed by atoms with E-state index in [1.54, 1.807) is 0 Å². The van der Waals surface area contributed by atoms with Crippen LogP contribution in [0.5, 0.6) is 0 Å². The molecule has 98 valence electrons. The summed E-state index contributed by atoms with van der Waals surface area (Å²) in [6.07, 6.45) is 10.0. The van der Waals surface area contributed by atoms with Crippen LogP contribution in [-0.2, 0) is 4.79 Å². The summed E-state index contributed by atoms with van der Waals surface area (Å²) in [5.41, 5.74) is 0. The van der Waals surface area contributed by atoms with E-state index in [1.165, 1.54) is 38.5 Å². The van der Waals surface area contributed by atoms with Crippen molar-refractivity contribution in [1.82, 2.24) is 5.32 Å². The van der Waals surface area contributed by atoms with Crippen LogP contribution in [0.3, 0.4) is 0 Å². The molecule has 0 saturated heterocycles. The summed E-state index contributed by atoms with van der Waals surface area (Å²) < 4.78 is 0. The summed E-state index contributed by atoms with van der Waals surface area (Å²) in [6.45, 7) is 0.455. The molecule has 2 saturated carbocycles. The molecule has 0 aliphatic heterocycles. The van der Waals surface area contributed by atoms with Crippen molar-refractivity contribution in [2.45, 2.75) is 63.9 Å². The molecule has 1 atom stereocenters. The minimum atomic E-state index is -0.329. The lowest BCUT2D eigenvalue weighted by atomic mass is 10.0. The first-order valence-corrected chi connectivity index (χ1v) is 7.20. The quantitative estimate of drug-likeness (QED) is 0.773. The van der Waals surface area contributed by atoms with Gasteiger partial charge in [0.1, 0.15) is 0 Å². The van der Waals surface area contributed by atoms with Gasteiger partial charge in [-0.15, -0.1) is 0 Å².